The Labute approximate surface area is 135 Å². The van der Waals surface area contributed by atoms with Crippen LogP contribution < -0.4 is 5.73 Å². The van der Waals surface area contributed by atoms with Crippen molar-refractivity contribution in [3.63, 3.8) is 0 Å². The first-order valence-electron chi connectivity index (χ1n) is 7.51. The van der Waals surface area contributed by atoms with Gasteiger partial charge in [-0.1, -0.05) is 13.8 Å². The highest BCUT2D eigenvalue weighted by Crippen LogP contribution is 2.19. The van der Waals surface area contributed by atoms with Crippen molar-refractivity contribution in [1.82, 2.24) is 14.7 Å². The minimum atomic E-state index is -0.307. The Kier molecular flexibility index (Phi) is 4.85. The molecule has 0 fully saturated rings. The predicted octanol–water partition coefficient (Wildman–Crippen LogP) is 2.38. The maximum absolute atomic E-state index is 13.0. The molecule has 1 aromatic carbocycles. The van der Waals surface area contributed by atoms with Crippen molar-refractivity contribution in [2.24, 2.45) is 11.1 Å². The fourth-order valence-corrected chi connectivity index (χ4v) is 2.45. The van der Waals surface area contributed by atoms with Gasteiger partial charge in [0.1, 0.15) is 5.82 Å². The molecule has 2 rings (SSSR count). The van der Waals surface area contributed by atoms with Crippen molar-refractivity contribution in [3.05, 3.63) is 47.5 Å². The molecule has 1 amide bonds. The molecule has 0 unspecified atom stereocenters. The first kappa shape index (κ1) is 17.1. The first-order chi connectivity index (χ1) is 10.7. The largest absolute Gasteiger partial charge is 0.341 e. The maximum atomic E-state index is 13.0. The molecule has 2 N–H and O–H groups in total. The van der Waals surface area contributed by atoms with Gasteiger partial charge in [-0.3, -0.25) is 4.79 Å². The Morgan fingerprint density at radius 2 is 1.96 bits per heavy atom. The van der Waals surface area contributed by atoms with Crippen LogP contribution in [0, 0.1) is 18.2 Å². The van der Waals surface area contributed by atoms with E-state index in [4.69, 9.17) is 5.73 Å². The summed E-state index contributed by atoms with van der Waals surface area (Å²) in [5.41, 5.74) is 7.55. The molecular weight excluding hydrogens is 295 g/mol. The van der Waals surface area contributed by atoms with Crippen LogP contribution in [0.3, 0.4) is 0 Å². The monoisotopic (exact) mass is 318 g/mol. The molecule has 0 atom stereocenters. The Morgan fingerprint density at radius 3 is 2.52 bits per heavy atom. The van der Waals surface area contributed by atoms with E-state index in [1.165, 1.54) is 12.1 Å². The van der Waals surface area contributed by atoms with E-state index in [0.717, 1.165) is 5.69 Å². The molecule has 2 aromatic rings. The summed E-state index contributed by atoms with van der Waals surface area (Å²) >= 11 is 0. The quantitative estimate of drug-likeness (QED) is 0.920. The number of carbonyl (C=O) groups excluding carboxylic acids is 1. The second-order valence-electron chi connectivity index (χ2n) is 6.56. The van der Waals surface area contributed by atoms with E-state index in [-0.39, 0.29) is 17.1 Å². The van der Waals surface area contributed by atoms with Crippen molar-refractivity contribution in [2.75, 3.05) is 20.1 Å². The van der Waals surface area contributed by atoms with Crippen molar-refractivity contribution < 1.29 is 9.18 Å². The van der Waals surface area contributed by atoms with Crippen LogP contribution in [-0.4, -0.2) is 40.7 Å². The van der Waals surface area contributed by atoms with Crippen molar-refractivity contribution in [2.45, 2.75) is 20.8 Å². The Morgan fingerprint density at radius 1 is 1.35 bits per heavy atom. The summed E-state index contributed by atoms with van der Waals surface area (Å²) in [6.07, 6.45) is 1.55. The molecule has 1 heterocycles. The highest BCUT2D eigenvalue weighted by Gasteiger charge is 2.24. The third-order valence-electron chi connectivity index (χ3n) is 3.88. The second-order valence-corrected chi connectivity index (χ2v) is 6.56. The molecule has 0 saturated heterocycles. The summed E-state index contributed by atoms with van der Waals surface area (Å²) in [5.74, 6) is -0.406. The van der Waals surface area contributed by atoms with Gasteiger partial charge in [0, 0.05) is 13.6 Å². The predicted molar refractivity (Wildman–Crippen MR) is 88.1 cm³/mol. The van der Waals surface area contributed by atoms with Crippen molar-refractivity contribution in [1.29, 1.82) is 0 Å². The van der Waals surface area contributed by atoms with Crippen molar-refractivity contribution >= 4 is 5.91 Å². The van der Waals surface area contributed by atoms with Gasteiger partial charge in [-0.25, -0.2) is 9.07 Å². The lowest BCUT2D eigenvalue weighted by atomic mass is 9.93. The van der Waals surface area contributed by atoms with E-state index in [1.807, 2.05) is 20.8 Å². The number of rotatable bonds is 5. The molecule has 0 aliphatic heterocycles. The van der Waals surface area contributed by atoms with Crippen LogP contribution in [0.4, 0.5) is 4.39 Å². The van der Waals surface area contributed by atoms with Crippen LogP contribution in [0.1, 0.15) is 29.9 Å². The first-order valence-corrected chi connectivity index (χ1v) is 7.51. The van der Waals surface area contributed by atoms with E-state index < -0.39 is 0 Å². The topological polar surface area (TPSA) is 64.2 Å². The zero-order chi connectivity index (χ0) is 17.2. The summed E-state index contributed by atoms with van der Waals surface area (Å²) in [7, 11) is 1.76. The number of amides is 1. The van der Waals surface area contributed by atoms with E-state index in [2.05, 4.69) is 5.10 Å². The molecule has 0 radical (unpaired) electrons. The van der Waals surface area contributed by atoms with Crippen LogP contribution in [0.5, 0.6) is 0 Å². The average Bonchev–Trinajstić information content (AvgIpc) is 2.88. The molecule has 0 saturated carbocycles. The fraction of sp³-hybridized carbons (Fsp3) is 0.412. The number of nitrogens with two attached hydrogens (primary N) is 1. The highest BCUT2D eigenvalue weighted by molar-refractivity contribution is 5.95. The summed E-state index contributed by atoms with van der Waals surface area (Å²) in [6.45, 7) is 6.92. The minimum absolute atomic E-state index is 0.0996. The lowest BCUT2D eigenvalue weighted by Crippen LogP contribution is -2.39. The van der Waals surface area contributed by atoms with Gasteiger partial charge in [0.15, 0.2) is 0 Å². The number of hydrogen-bond acceptors (Lipinski definition) is 3. The molecule has 0 bridgehead atoms. The third kappa shape index (κ3) is 3.76. The van der Waals surface area contributed by atoms with Gasteiger partial charge in [0.25, 0.3) is 5.91 Å². The lowest BCUT2D eigenvalue weighted by molar-refractivity contribution is 0.0740. The number of benzene rings is 1. The maximum Gasteiger partial charge on any atom is 0.257 e. The van der Waals surface area contributed by atoms with Gasteiger partial charge >= 0.3 is 0 Å². The normalized spacial score (nSPS) is 11.6. The zero-order valence-electron chi connectivity index (χ0n) is 14.0. The number of aromatic nitrogens is 2. The number of carbonyl (C=O) groups is 1. The SMILES string of the molecule is Cc1c(C(=O)N(C)CC(C)(C)CN)cnn1-c1ccc(F)cc1. The number of hydrogen-bond donors (Lipinski definition) is 1. The van der Waals surface area contributed by atoms with E-state index >= 15 is 0 Å². The molecule has 6 heteroatoms. The Hall–Kier alpha value is -2.21. The second kappa shape index (κ2) is 6.50. The van der Waals surface area contributed by atoms with Gasteiger partial charge < -0.3 is 10.6 Å². The standard InChI is InChI=1S/C17H23FN4O/c1-12-15(16(23)21(4)11-17(2,3)10-19)9-20-22(12)14-7-5-13(18)6-8-14/h5-9H,10-11,19H2,1-4H3. The molecular formula is C17H23FN4O. The summed E-state index contributed by atoms with van der Waals surface area (Å²) in [5, 5.41) is 4.26. The molecule has 124 valence electrons. The Balaban J connectivity index is 2.24. The smallest absolute Gasteiger partial charge is 0.257 e. The molecule has 5 nitrogen and oxygen atoms in total. The molecule has 0 spiro atoms. The Bertz CT molecular complexity index is 691. The zero-order valence-corrected chi connectivity index (χ0v) is 14.0. The highest BCUT2D eigenvalue weighted by atomic mass is 19.1. The van der Waals surface area contributed by atoms with Gasteiger partial charge in [-0.2, -0.15) is 5.10 Å². The van der Waals surface area contributed by atoms with Gasteiger partial charge in [-0.05, 0) is 43.1 Å². The molecule has 1 aromatic heterocycles. The van der Waals surface area contributed by atoms with E-state index in [9.17, 15) is 9.18 Å². The van der Waals surface area contributed by atoms with Gasteiger partial charge in [0.2, 0.25) is 0 Å². The molecule has 0 aliphatic carbocycles. The van der Waals surface area contributed by atoms with Crippen molar-refractivity contribution in [3.8, 4) is 5.69 Å². The van der Waals surface area contributed by atoms with E-state index in [1.54, 1.807) is 35.0 Å². The summed E-state index contributed by atoms with van der Waals surface area (Å²) in [4.78, 5) is 14.3. The summed E-state index contributed by atoms with van der Waals surface area (Å²) in [6, 6.07) is 6.00. The lowest BCUT2D eigenvalue weighted by Gasteiger charge is -2.29. The van der Waals surface area contributed by atoms with Crippen LogP contribution >= 0.6 is 0 Å². The average molecular weight is 318 g/mol. The van der Waals surface area contributed by atoms with Crippen LogP contribution in [-0.2, 0) is 0 Å². The molecule has 23 heavy (non-hydrogen) atoms. The van der Waals surface area contributed by atoms with Crippen LogP contribution in [0.25, 0.3) is 5.69 Å². The number of nitrogens with zero attached hydrogens (tertiary/aromatic N) is 3. The molecule has 0 aliphatic rings. The minimum Gasteiger partial charge on any atom is -0.341 e. The van der Waals surface area contributed by atoms with E-state index in [0.29, 0.717) is 24.3 Å². The van der Waals surface area contributed by atoms with Gasteiger partial charge in [-0.15, -0.1) is 0 Å². The third-order valence-corrected chi connectivity index (χ3v) is 3.88. The van der Waals surface area contributed by atoms with Crippen LogP contribution in [0.2, 0.25) is 0 Å². The fourth-order valence-electron chi connectivity index (χ4n) is 2.45. The number of halogens is 1. The van der Waals surface area contributed by atoms with Crippen LogP contribution in [0.15, 0.2) is 30.5 Å². The summed E-state index contributed by atoms with van der Waals surface area (Å²) < 4.78 is 14.7. The van der Waals surface area contributed by atoms with Gasteiger partial charge in [0.05, 0.1) is 23.1 Å².